The van der Waals surface area contributed by atoms with Gasteiger partial charge in [-0.2, -0.15) is 0 Å². The van der Waals surface area contributed by atoms with Crippen LogP contribution in [0.1, 0.15) is 27.7 Å². The van der Waals surface area contributed by atoms with E-state index in [9.17, 15) is 9.90 Å². The second-order valence-electron chi connectivity index (χ2n) is 4.30. The van der Waals surface area contributed by atoms with Crippen LogP contribution in [-0.4, -0.2) is 41.8 Å². The SMILES string of the molecule is CC(C)OC(=O)[C@@H](O)[C@H]1COC(C)(C)O1. The van der Waals surface area contributed by atoms with E-state index in [1.54, 1.807) is 27.7 Å². The summed E-state index contributed by atoms with van der Waals surface area (Å²) < 4.78 is 15.4. The van der Waals surface area contributed by atoms with Gasteiger partial charge in [0.05, 0.1) is 12.7 Å². The van der Waals surface area contributed by atoms with Crippen molar-refractivity contribution in [2.24, 2.45) is 0 Å². The first kappa shape index (κ1) is 12.4. The predicted octanol–water partition coefficient (Wildman–Crippen LogP) is 0.450. The molecule has 1 aliphatic heterocycles. The zero-order valence-electron chi connectivity index (χ0n) is 9.52. The predicted molar refractivity (Wildman–Crippen MR) is 52.1 cm³/mol. The molecule has 1 heterocycles. The molecule has 0 amide bonds. The van der Waals surface area contributed by atoms with Crippen molar-refractivity contribution in [1.82, 2.24) is 0 Å². The van der Waals surface area contributed by atoms with Crippen LogP contribution >= 0.6 is 0 Å². The topological polar surface area (TPSA) is 65.0 Å². The number of aliphatic hydroxyl groups excluding tert-OH is 1. The highest BCUT2D eigenvalue weighted by Gasteiger charge is 2.40. The zero-order chi connectivity index (χ0) is 11.6. The zero-order valence-corrected chi connectivity index (χ0v) is 9.52. The lowest BCUT2D eigenvalue weighted by atomic mass is 10.2. The van der Waals surface area contributed by atoms with Crippen LogP contribution in [0.3, 0.4) is 0 Å². The Balaban J connectivity index is 2.48. The van der Waals surface area contributed by atoms with Gasteiger partial charge in [-0.25, -0.2) is 4.79 Å². The fourth-order valence-electron chi connectivity index (χ4n) is 1.32. The molecule has 0 saturated carbocycles. The largest absolute Gasteiger partial charge is 0.461 e. The molecule has 88 valence electrons. The first-order chi connectivity index (χ1) is 6.82. The number of hydrogen-bond acceptors (Lipinski definition) is 5. The third kappa shape index (κ3) is 3.44. The molecule has 0 unspecified atom stereocenters. The normalized spacial score (nSPS) is 26.7. The highest BCUT2D eigenvalue weighted by atomic mass is 16.7. The summed E-state index contributed by atoms with van der Waals surface area (Å²) in [4.78, 5) is 11.3. The van der Waals surface area contributed by atoms with Crippen LogP contribution in [0.4, 0.5) is 0 Å². The van der Waals surface area contributed by atoms with Crippen LogP contribution in [0, 0.1) is 0 Å². The second kappa shape index (κ2) is 4.47. The first-order valence-corrected chi connectivity index (χ1v) is 5.02. The Morgan fingerprint density at radius 2 is 2.13 bits per heavy atom. The second-order valence-corrected chi connectivity index (χ2v) is 4.30. The molecule has 0 bridgehead atoms. The molecule has 1 aliphatic rings. The standard InChI is InChI=1S/C10H18O5/c1-6(2)14-9(12)8(11)7-5-13-10(3,4)15-7/h6-8,11H,5H2,1-4H3/t7-,8+/m1/s1. The minimum atomic E-state index is -1.28. The minimum absolute atomic E-state index is 0.196. The summed E-state index contributed by atoms with van der Waals surface area (Å²) in [5, 5.41) is 9.62. The average molecular weight is 218 g/mol. The van der Waals surface area contributed by atoms with Crippen molar-refractivity contribution in [2.75, 3.05) is 6.61 Å². The molecule has 15 heavy (non-hydrogen) atoms. The Bertz CT molecular complexity index is 236. The number of rotatable bonds is 3. The Labute approximate surface area is 89.3 Å². The van der Waals surface area contributed by atoms with E-state index < -0.39 is 24.0 Å². The van der Waals surface area contributed by atoms with Gasteiger partial charge in [-0.15, -0.1) is 0 Å². The Morgan fingerprint density at radius 3 is 2.53 bits per heavy atom. The molecule has 5 heteroatoms. The molecular formula is C10H18O5. The van der Waals surface area contributed by atoms with Crippen molar-refractivity contribution in [3.05, 3.63) is 0 Å². The molecule has 0 aromatic heterocycles. The van der Waals surface area contributed by atoms with E-state index in [0.29, 0.717) is 0 Å². The molecule has 0 aromatic rings. The number of ether oxygens (including phenoxy) is 3. The Kier molecular flexibility index (Phi) is 3.70. The molecular weight excluding hydrogens is 200 g/mol. The monoisotopic (exact) mass is 218 g/mol. The van der Waals surface area contributed by atoms with Gasteiger partial charge in [0.1, 0.15) is 6.10 Å². The molecule has 0 spiro atoms. The Hall–Kier alpha value is -0.650. The molecule has 2 atom stereocenters. The minimum Gasteiger partial charge on any atom is -0.461 e. The van der Waals surface area contributed by atoms with Gasteiger partial charge >= 0.3 is 5.97 Å². The van der Waals surface area contributed by atoms with Crippen molar-refractivity contribution in [3.8, 4) is 0 Å². The van der Waals surface area contributed by atoms with Gasteiger partial charge in [-0.1, -0.05) is 0 Å². The van der Waals surface area contributed by atoms with Gasteiger partial charge < -0.3 is 19.3 Å². The van der Waals surface area contributed by atoms with Gasteiger partial charge in [-0.05, 0) is 27.7 Å². The van der Waals surface area contributed by atoms with Crippen molar-refractivity contribution in [2.45, 2.75) is 51.8 Å². The molecule has 0 aliphatic carbocycles. The summed E-state index contributed by atoms with van der Waals surface area (Å²) in [6.45, 7) is 7.10. The molecule has 5 nitrogen and oxygen atoms in total. The van der Waals surface area contributed by atoms with Crippen LogP contribution in [0.2, 0.25) is 0 Å². The molecule has 1 N–H and O–H groups in total. The summed E-state index contributed by atoms with van der Waals surface area (Å²) in [5.74, 6) is -1.42. The van der Waals surface area contributed by atoms with Crippen LogP contribution < -0.4 is 0 Å². The van der Waals surface area contributed by atoms with Crippen molar-refractivity contribution >= 4 is 5.97 Å². The third-order valence-corrected chi connectivity index (χ3v) is 1.98. The number of hydrogen-bond donors (Lipinski definition) is 1. The van der Waals surface area contributed by atoms with Crippen molar-refractivity contribution in [3.63, 3.8) is 0 Å². The van der Waals surface area contributed by atoms with Crippen molar-refractivity contribution in [1.29, 1.82) is 0 Å². The van der Waals surface area contributed by atoms with E-state index >= 15 is 0 Å². The van der Waals surface area contributed by atoms with Crippen LogP contribution in [-0.2, 0) is 19.0 Å². The Morgan fingerprint density at radius 1 is 1.53 bits per heavy atom. The maximum Gasteiger partial charge on any atom is 0.338 e. The van der Waals surface area contributed by atoms with E-state index in [0.717, 1.165) is 0 Å². The van der Waals surface area contributed by atoms with E-state index in [2.05, 4.69) is 0 Å². The molecule has 0 radical (unpaired) electrons. The lowest BCUT2D eigenvalue weighted by Crippen LogP contribution is -2.39. The highest BCUT2D eigenvalue weighted by Crippen LogP contribution is 2.24. The van der Waals surface area contributed by atoms with Gasteiger partial charge in [0.25, 0.3) is 0 Å². The fourth-order valence-corrected chi connectivity index (χ4v) is 1.32. The van der Waals surface area contributed by atoms with Crippen LogP contribution in [0.5, 0.6) is 0 Å². The van der Waals surface area contributed by atoms with E-state index in [1.807, 2.05) is 0 Å². The number of aliphatic hydroxyl groups is 1. The fraction of sp³-hybridized carbons (Fsp3) is 0.900. The molecule has 0 aromatic carbocycles. The lowest BCUT2D eigenvalue weighted by molar-refractivity contribution is -0.175. The smallest absolute Gasteiger partial charge is 0.338 e. The van der Waals surface area contributed by atoms with E-state index in [-0.39, 0.29) is 12.7 Å². The van der Waals surface area contributed by atoms with Gasteiger partial charge in [0.15, 0.2) is 11.9 Å². The summed E-state index contributed by atoms with van der Waals surface area (Å²) in [6.07, 6.45) is -2.18. The number of esters is 1. The molecule has 1 saturated heterocycles. The van der Waals surface area contributed by atoms with Gasteiger partial charge in [0.2, 0.25) is 0 Å². The summed E-state index contributed by atoms with van der Waals surface area (Å²) >= 11 is 0. The third-order valence-electron chi connectivity index (χ3n) is 1.98. The number of carbonyl (C=O) groups excluding carboxylic acids is 1. The maximum absolute atomic E-state index is 11.3. The lowest BCUT2D eigenvalue weighted by Gasteiger charge is -2.20. The van der Waals surface area contributed by atoms with E-state index in [1.165, 1.54) is 0 Å². The summed E-state index contributed by atoms with van der Waals surface area (Å²) in [5.41, 5.74) is 0. The van der Waals surface area contributed by atoms with E-state index in [4.69, 9.17) is 14.2 Å². The molecule has 1 fully saturated rings. The van der Waals surface area contributed by atoms with Crippen molar-refractivity contribution < 1.29 is 24.1 Å². The molecule has 1 rings (SSSR count). The van der Waals surface area contributed by atoms with Crippen LogP contribution in [0.15, 0.2) is 0 Å². The number of carbonyl (C=O) groups is 1. The van der Waals surface area contributed by atoms with Crippen LogP contribution in [0.25, 0.3) is 0 Å². The first-order valence-electron chi connectivity index (χ1n) is 5.02. The average Bonchev–Trinajstić information content (AvgIpc) is 2.43. The quantitative estimate of drug-likeness (QED) is 0.697. The van der Waals surface area contributed by atoms with Gasteiger partial charge in [0, 0.05) is 0 Å². The highest BCUT2D eigenvalue weighted by molar-refractivity contribution is 5.75. The summed E-state index contributed by atoms with van der Waals surface area (Å²) in [6, 6.07) is 0. The maximum atomic E-state index is 11.3. The summed E-state index contributed by atoms with van der Waals surface area (Å²) in [7, 11) is 0. The van der Waals surface area contributed by atoms with Gasteiger partial charge in [-0.3, -0.25) is 0 Å².